The molecule has 0 saturated heterocycles. The van der Waals surface area contributed by atoms with E-state index < -0.39 is 0 Å². The van der Waals surface area contributed by atoms with E-state index in [9.17, 15) is 0 Å². The number of aromatic nitrogens is 1. The zero-order valence-corrected chi connectivity index (χ0v) is 12.4. The van der Waals surface area contributed by atoms with E-state index >= 15 is 0 Å². The maximum Gasteiger partial charge on any atom is 0.0605 e. The lowest BCUT2D eigenvalue weighted by Gasteiger charge is -2.25. The number of pyridine rings is 1. The highest BCUT2D eigenvalue weighted by Gasteiger charge is 2.20. The van der Waals surface area contributed by atoms with Gasteiger partial charge in [0.1, 0.15) is 0 Å². The lowest BCUT2D eigenvalue weighted by atomic mass is 9.92. The lowest BCUT2D eigenvalue weighted by molar-refractivity contribution is 0.461. The Morgan fingerprint density at radius 3 is 2.95 bits per heavy atom. The first-order valence-electron chi connectivity index (χ1n) is 7.28. The van der Waals surface area contributed by atoms with E-state index in [4.69, 9.17) is 0 Å². The van der Waals surface area contributed by atoms with Crippen molar-refractivity contribution in [1.82, 2.24) is 10.3 Å². The van der Waals surface area contributed by atoms with Gasteiger partial charge in [-0.3, -0.25) is 4.98 Å². The summed E-state index contributed by atoms with van der Waals surface area (Å²) in [5, 5.41) is 3.66. The fourth-order valence-electron chi connectivity index (χ4n) is 2.73. The Hall–Kier alpha value is -1.32. The zero-order valence-electron chi connectivity index (χ0n) is 11.6. The summed E-state index contributed by atoms with van der Waals surface area (Å²) in [6.07, 6.45) is 5.57. The SMILES string of the molecule is c1ccc(SCCNC2CCCc3cccnc32)cc1. The molecule has 3 rings (SSSR count). The topological polar surface area (TPSA) is 24.9 Å². The first-order valence-corrected chi connectivity index (χ1v) is 8.27. The van der Waals surface area contributed by atoms with Crippen LogP contribution in [0.25, 0.3) is 0 Å². The van der Waals surface area contributed by atoms with Gasteiger partial charge in [0.15, 0.2) is 0 Å². The average molecular weight is 284 g/mol. The van der Waals surface area contributed by atoms with E-state index in [1.54, 1.807) is 0 Å². The smallest absolute Gasteiger partial charge is 0.0605 e. The zero-order chi connectivity index (χ0) is 13.6. The molecule has 1 heterocycles. The molecule has 1 aliphatic rings. The molecule has 1 N–H and O–H groups in total. The van der Waals surface area contributed by atoms with Crippen molar-refractivity contribution in [3.63, 3.8) is 0 Å². The Balaban J connectivity index is 1.50. The van der Waals surface area contributed by atoms with E-state index in [1.165, 1.54) is 35.4 Å². The fourth-order valence-corrected chi connectivity index (χ4v) is 3.53. The summed E-state index contributed by atoms with van der Waals surface area (Å²) in [4.78, 5) is 5.91. The Morgan fingerprint density at radius 2 is 2.05 bits per heavy atom. The lowest BCUT2D eigenvalue weighted by Crippen LogP contribution is -2.28. The van der Waals surface area contributed by atoms with Crippen LogP contribution >= 0.6 is 11.8 Å². The third-order valence-corrected chi connectivity index (χ3v) is 4.71. The molecule has 0 fully saturated rings. The Morgan fingerprint density at radius 1 is 1.15 bits per heavy atom. The highest BCUT2D eigenvalue weighted by molar-refractivity contribution is 7.99. The van der Waals surface area contributed by atoms with E-state index in [1.807, 2.05) is 24.0 Å². The summed E-state index contributed by atoms with van der Waals surface area (Å²) in [5.74, 6) is 1.10. The van der Waals surface area contributed by atoms with Crippen LogP contribution in [-0.2, 0) is 6.42 Å². The van der Waals surface area contributed by atoms with Crippen molar-refractivity contribution in [2.75, 3.05) is 12.3 Å². The summed E-state index contributed by atoms with van der Waals surface area (Å²) < 4.78 is 0. The second-order valence-corrected chi connectivity index (χ2v) is 6.28. The maximum atomic E-state index is 4.57. The van der Waals surface area contributed by atoms with Crippen LogP contribution in [0.15, 0.2) is 53.6 Å². The Kier molecular flexibility index (Phi) is 4.72. The normalized spacial score (nSPS) is 17.7. The molecule has 2 nitrogen and oxygen atoms in total. The molecule has 2 aromatic rings. The number of aryl methyl sites for hydroxylation is 1. The van der Waals surface area contributed by atoms with Crippen LogP contribution in [0.2, 0.25) is 0 Å². The van der Waals surface area contributed by atoms with Crippen molar-refractivity contribution in [3.05, 3.63) is 59.9 Å². The van der Waals surface area contributed by atoms with Crippen LogP contribution in [0.1, 0.15) is 30.1 Å². The first kappa shape index (κ1) is 13.7. The van der Waals surface area contributed by atoms with Gasteiger partial charge in [0.25, 0.3) is 0 Å². The standard InChI is InChI=1S/C17H20N2S/c1-2-8-15(9-3-1)20-13-12-18-16-10-4-6-14-7-5-11-19-17(14)16/h1-3,5,7-9,11,16,18H,4,6,10,12-13H2. The monoisotopic (exact) mass is 284 g/mol. The van der Waals surface area contributed by atoms with Crippen LogP contribution in [0.4, 0.5) is 0 Å². The van der Waals surface area contributed by atoms with Crippen LogP contribution in [-0.4, -0.2) is 17.3 Å². The molecular weight excluding hydrogens is 264 g/mol. The quantitative estimate of drug-likeness (QED) is 0.667. The van der Waals surface area contributed by atoms with Crippen molar-refractivity contribution in [2.45, 2.75) is 30.2 Å². The van der Waals surface area contributed by atoms with Crippen LogP contribution in [0, 0.1) is 0 Å². The molecule has 3 heteroatoms. The predicted molar refractivity (Wildman–Crippen MR) is 85.1 cm³/mol. The molecule has 20 heavy (non-hydrogen) atoms. The van der Waals surface area contributed by atoms with Gasteiger partial charge in [-0.05, 0) is 43.0 Å². The van der Waals surface area contributed by atoms with Gasteiger partial charge in [-0.15, -0.1) is 11.8 Å². The van der Waals surface area contributed by atoms with Crippen LogP contribution < -0.4 is 5.32 Å². The van der Waals surface area contributed by atoms with Gasteiger partial charge in [0.2, 0.25) is 0 Å². The first-order chi connectivity index (χ1) is 9.93. The van der Waals surface area contributed by atoms with Gasteiger partial charge < -0.3 is 5.32 Å². The van der Waals surface area contributed by atoms with Crippen molar-refractivity contribution in [1.29, 1.82) is 0 Å². The van der Waals surface area contributed by atoms with Crippen LogP contribution in [0.3, 0.4) is 0 Å². The summed E-state index contributed by atoms with van der Waals surface area (Å²) >= 11 is 1.91. The summed E-state index contributed by atoms with van der Waals surface area (Å²) in [5.41, 5.74) is 2.69. The van der Waals surface area contributed by atoms with Crippen molar-refractivity contribution in [3.8, 4) is 0 Å². The van der Waals surface area contributed by atoms with Crippen molar-refractivity contribution in [2.24, 2.45) is 0 Å². The molecule has 0 aliphatic heterocycles. The van der Waals surface area contributed by atoms with Gasteiger partial charge in [-0.25, -0.2) is 0 Å². The summed E-state index contributed by atoms with van der Waals surface area (Å²) in [6.45, 7) is 1.03. The van der Waals surface area contributed by atoms with E-state index in [0.717, 1.165) is 12.3 Å². The van der Waals surface area contributed by atoms with Gasteiger partial charge in [-0.2, -0.15) is 0 Å². The molecule has 1 aliphatic carbocycles. The number of nitrogens with one attached hydrogen (secondary N) is 1. The summed E-state index contributed by atoms with van der Waals surface area (Å²) in [7, 11) is 0. The summed E-state index contributed by atoms with van der Waals surface area (Å²) in [6, 6.07) is 15.3. The minimum Gasteiger partial charge on any atom is -0.308 e. The third-order valence-electron chi connectivity index (χ3n) is 3.70. The number of benzene rings is 1. The molecule has 1 aromatic carbocycles. The predicted octanol–water partition coefficient (Wildman–Crippen LogP) is 3.84. The minimum atomic E-state index is 0.441. The fraction of sp³-hybridized carbons (Fsp3) is 0.353. The second-order valence-electron chi connectivity index (χ2n) is 5.11. The molecule has 0 amide bonds. The molecular formula is C17H20N2S. The largest absolute Gasteiger partial charge is 0.308 e. The second kappa shape index (κ2) is 6.91. The van der Waals surface area contributed by atoms with Gasteiger partial charge >= 0.3 is 0 Å². The minimum absolute atomic E-state index is 0.441. The van der Waals surface area contributed by atoms with Gasteiger partial charge in [0, 0.05) is 29.4 Å². The van der Waals surface area contributed by atoms with E-state index in [-0.39, 0.29) is 0 Å². The number of hydrogen-bond acceptors (Lipinski definition) is 3. The molecule has 1 unspecified atom stereocenters. The van der Waals surface area contributed by atoms with E-state index in [2.05, 4.69) is 46.7 Å². The third kappa shape index (κ3) is 3.41. The Bertz CT molecular complexity index is 542. The van der Waals surface area contributed by atoms with Crippen molar-refractivity contribution >= 4 is 11.8 Å². The maximum absolute atomic E-state index is 4.57. The highest BCUT2D eigenvalue weighted by Crippen LogP contribution is 2.27. The number of hydrogen-bond donors (Lipinski definition) is 1. The highest BCUT2D eigenvalue weighted by atomic mass is 32.2. The van der Waals surface area contributed by atoms with E-state index in [0.29, 0.717) is 6.04 Å². The number of fused-ring (bicyclic) bond motifs is 1. The Labute approximate surface area is 125 Å². The van der Waals surface area contributed by atoms with Crippen molar-refractivity contribution < 1.29 is 0 Å². The number of nitrogens with zero attached hydrogens (tertiary/aromatic N) is 1. The number of rotatable bonds is 5. The molecule has 1 atom stereocenters. The molecule has 1 aromatic heterocycles. The molecule has 0 saturated carbocycles. The molecule has 0 spiro atoms. The van der Waals surface area contributed by atoms with Gasteiger partial charge in [0.05, 0.1) is 5.69 Å². The van der Waals surface area contributed by atoms with Crippen LogP contribution in [0.5, 0.6) is 0 Å². The average Bonchev–Trinajstić information content (AvgIpc) is 2.53. The molecule has 0 radical (unpaired) electrons. The molecule has 104 valence electrons. The number of thioether (sulfide) groups is 1. The molecule has 0 bridgehead atoms. The van der Waals surface area contributed by atoms with Gasteiger partial charge in [-0.1, -0.05) is 24.3 Å².